The number of hydrogen-bond donors (Lipinski definition) is 1. The zero-order chi connectivity index (χ0) is 16.9. The summed E-state index contributed by atoms with van der Waals surface area (Å²) in [5.74, 6) is 2.42. The second-order valence-electron chi connectivity index (χ2n) is 6.37. The molecule has 0 aromatic carbocycles. The molecular formula is C17H26N6O. The third-order valence-corrected chi connectivity index (χ3v) is 4.47. The predicted molar refractivity (Wildman–Crippen MR) is 92.7 cm³/mol. The summed E-state index contributed by atoms with van der Waals surface area (Å²) < 4.78 is 7.19. The molecule has 0 radical (unpaired) electrons. The summed E-state index contributed by atoms with van der Waals surface area (Å²) in [6.45, 7) is 4.73. The average Bonchev–Trinajstić information content (AvgIpc) is 3.30. The maximum atomic E-state index is 5.32. The summed E-state index contributed by atoms with van der Waals surface area (Å²) in [5.41, 5.74) is 2.29. The average molecular weight is 330 g/mol. The molecule has 0 spiro atoms. The first-order chi connectivity index (χ1) is 11.7. The molecule has 1 fully saturated rings. The monoisotopic (exact) mass is 330 g/mol. The third kappa shape index (κ3) is 3.96. The van der Waals surface area contributed by atoms with Gasteiger partial charge in [-0.1, -0.05) is 12.1 Å². The normalized spacial score (nSPS) is 18.4. The van der Waals surface area contributed by atoms with Crippen LogP contribution in [0.25, 0.3) is 0 Å². The second-order valence-corrected chi connectivity index (χ2v) is 6.37. The molecule has 0 saturated carbocycles. The molecule has 24 heavy (non-hydrogen) atoms. The van der Waals surface area contributed by atoms with Gasteiger partial charge in [0.05, 0.1) is 18.4 Å². The van der Waals surface area contributed by atoms with E-state index in [1.165, 1.54) is 12.0 Å². The van der Waals surface area contributed by atoms with Crippen molar-refractivity contribution in [3.63, 3.8) is 0 Å². The molecule has 3 rings (SSSR count). The van der Waals surface area contributed by atoms with Crippen LogP contribution in [0.4, 0.5) is 0 Å². The number of hydrogen-bond acceptors (Lipinski definition) is 4. The van der Waals surface area contributed by atoms with Gasteiger partial charge in [-0.25, -0.2) is 0 Å². The maximum Gasteiger partial charge on any atom is 0.194 e. The highest BCUT2D eigenvalue weighted by molar-refractivity contribution is 5.80. The van der Waals surface area contributed by atoms with E-state index in [2.05, 4.69) is 38.6 Å². The smallest absolute Gasteiger partial charge is 0.194 e. The minimum atomic E-state index is 0.615. The fraction of sp³-hybridized carbons (Fsp3) is 0.588. The first-order valence-electron chi connectivity index (χ1n) is 8.55. The Balaban J connectivity index is 1.51. The molecule has 1 atom stereocenters. The van der Waals surface area contributed by atoms with Crippen LogP contribution in [-0.4, -0.2) is 45.9 Å². The van der Waals surface area contributed by atoms with E-state index in [1.807, 2.05) is 31.0 Å². The number of nitrogens with zero attached hydrogens (tertiary/aromatic N) is 5. The zero-order valence-electron chi connectivity index (χ0n) is 14.7. The molecule has 1 aliphatic rings. The van der Waals surface area contributed by atoms with E-state index in [-0.39, 0.29) is 0 Å². The van der Waals surface area contributed by atoms with Crippen molar-refractivity contribution in [2.75, 3.05) is 20.1 Å². The Morgan fingerprint density at radius 3 is 3.04 bits per heavy atom. The Morgan fingerprint density at radius 1 is 1.50 bits per heavy atom. The van der Waals surface area contributed by atoms with Crippen LogP contribution in [0.2, 0.25) is 0 Å². The van der Waals surface area contributed by atoms with Gasteiger partial charge in [-0.15, -0.1) is 0 Å². The van der Waals surface area contributed by atoms with Crippen LogP contribution in [0.1, 0.15) is 30.4 Å². The van der Waals surface area contributed by atoms with Crippen LogP contribution in [0, 0.1) is 5.92 Å². The molecule has 130 valence electrons. The summed E-state index contributed by atoms with van der Waals surface area (Å²) in [5, 5.41) is 11.7. The van der Waals surface area contributed by atoms with E-state index < -0.39 is 0 Å². The van der Waals surface area contributed by atoms with Crippen molar-refractivity contribution in [1.29, 1.82) is 0 Å². The molecule has 1 aliphatic heterocycles. The lowest BCUT2D eigenvalue weighted by molar-refractivity contribution is 0.371. The molecule has 2 aromatic rings. The molecule has 0 aliphatic carbocycles. The van der Waals surface area contributed by atoms with E-state index in [0.717, 1.165) is 43.3 Å². The number of aliphatic imine (C=N–C) groups is 1. The molecule has 0 bridgehead atoms. The van der Waals surface area contributed by atoms with E-state index in [0.29, 0.717) is 12.5 Å². The quantitative estimate of drug-likeness (QED) is 0.666. The Morgan fingerprint density at radius 2 is 2.38 bits per heavy atom. The van der Waals surface area contributed by atoms with Crippen molar-refractivity contribution in [3.8, 4) is 0 Å². The molecule has 7 nitrogen and oxygen atoms in total. The van der Waals surface area contributed by atoms with Gasteiger partial charge in [0.25, 0.3) is 0 Å². The van der Waals surface area contributed by atoms with E-state index in [9.17, 15) is 0 Å². The maximum absolute atomic E-state index is 5.32. The fourth-order valence-electron chi connectivity index (χ4n) is 3.21. The largest absolute Gasteiger partial charge is 0.359 e. The van der Waals surface area contributed by atoms with Gasteiger partial charge < -0.3 is 14.7 Å². The molecule has 0 amide bonds. The lowest BCUT2D eigenvalue weighted by Crippen LogP contribution is -2.39. The van der Waals surface area contributed by atoms with Crippen LogP contribution in [0.5, 0.6) is 0 Å². The van der Waals surface area contributed by atoms with Gasteiger partial charge in [0.1, 0.15) is 0 Å². The number of guanidine groups is 1. The highest BCUT2D eigenvalue weighted by Gasteiger charge is 2.25. The Bertz CT molecular complexity index is 689. The molecule has 1 N–H and O–H groups in total. The van der Waals surface area contributed by atoms with Crippen molar-refractivity contribution in [1.82, 2.24) is 25.2 Å². The summed E-state index contributed by atoms with van der Waals surface area (Å²) in [6.07, 6.45) is 7.21. The lowest BCUT2D eigenvalue weighted by Gasteiger charge is -2.21. The second kappa shape index (κ2) is 7.51. The Labute approximate surface area is 142 Å². The molecular weight excluding hydrogens is 304 g/mol. The Kier molecular flexibility index (Phi) is 5.17. The van der Waals surface area contributed by atoms with Gasteiger partial charge in [0, 0.05) is 39.4 Å². The van der Waals surface area contributed by atoms with E-state index in [1.54, 1.807) is 0 Å². The number of likely N-dealkylation sites (tertiary alicyclic amines) is 1. The first-order valence-corrected chi connectivity index (χ1v) is 8.55. The number of rotatable bonds is 5. The number of aromatic nitrogens is 3. The summed E-state index contributed by atoms with van der Waals surface area (Å²) in [7, 11) is 3.79. The van der Waals surface area contributed by atoms with E-state index in [4.69, 9.17) is 4.52 Å². The van der Waals surface area contributed by atoms with Crippen molar-refractivity contribution in [2.24, 2.45) is 18.0 Å². The molecule has 7 heteroatoms. The minimum absolute atomic E-state index is 0.615. The van der Waals surface area contributed by atoms with Crippen LogP contribution in [-0.2, 0) is 26.4 Å². The van der Waals surface area contributed by atoms with Gasteiger partial charge in [-0.3, -0.25) is 9.67 Å². The summed E-state index contributed by atoms with van der Waals surface area (Å²) >= 11 is 0. The van der Waals surface area contributed by atoms with Crippen molar-refractivity contribution in [2.45, 2.75) is 32.7 Å². The fourth-order valence-corrected chi connectivity index (χ4v) is 3.21. The topological polar surface area (TPSA) is 71.5 Å². The molecule has 2 aromatic heterocycles. The van der Waals surface area contributed by atoms with Crippen LogP contribution in [0.3, 0.4) is 0 Å². The van der Waals surface area contributed by atoms with Gasteiger partial charge in [-0.05, 0) is 30.7 Å². The van der Waals surface area contributed by atoms with Crippen LogP contribution >= 0.6 is 0 Å². The highest BCUT2D eigenvalue weighted by atomic mass is 16.5. The number of nitrogens with one attached hydrogen (secondary N) is 1. The van der Waals surface area contributed by atoms with Crippen molar-refractivity contribution in [3.05, 3.63) is 35.5 Å². The minimum Gasteiger partial charge on any atom is -0.359 e. The summed E-state index contributed by atoms with van der Waals surface area (Å²) in [4.78, 5) is 6.73. The summed E-state index contributed by atoms with van der Waals surface area (Å²) in [6, 6.07) is 2.00. The lowest BCUT2D eigenvalue weighted by atomic mass is 10.0. The zero-order valence-corrected chi connectivity index (χ0v) is 14.7. The Hall–Kier alpha value is -2.31. The number of aryl methyl sites for hydroxylation is 2. The van der Waals surface area contributed by atoms with E-state index >= 15 is 0 Å². The van der Waals surface area contributed by atoms with Crippen LogP contribution < -0.4 is 5.32 Å². The SMILES string of the molecule is CCc1cc(CNC(=NC)N2CCC(Cc3cnn(C)c3)C2)on1. The predicted octanol–water partition coefficient (Wildman–Crippen LogP) is 1.61. The standard InChI is InChI=1S/C17H26N6O/c1-4-15-8-16(24-21-15)10-19-17(18-2)23-6-5-13(12-23)7-14-9-20-22(3)11-14/h8-9,11,13H,4-7,10,12H2,1-3H3,(H,18,19). The van der Waals surface area contributed by atoms with Gasteiger partial charge >= 0.3 is 0 Å². The van der Waals surface area contributed by atoms with Crippen molar-refractivity contribution >= 4 is 5.96 Å². The van der Waals surface area contributed by atoms with Gasteiger partial charge in [-0.2, -0.15) is 5.10 Å². The van der Waals surface area contributed by atoms with Crippen LogP contribution in [0.15, 0.2) is 28.0 Å². The first kappa shape index (κ1) is 16.5. The third-order valence-electron chi connectivity index (χ3n) is 4.47. The van der Waals surface area contributed by atoms with Crippen molar-refractivity contribution < 1.29 is 4.52 Å². The van der Waals surface area contributed by atoms with Gasteiger partial charge in [0.2, 0.25) is 0 Å². The molecule has 1 unspecified atom stereocenters. The highest BCUT2D eigenvalue weighted by Crippen LogP contribution is 2.20. The molecule has 1 saturated heterocycles. The van der Waals surface area contributed by atoms with Gasteiger partial charge in [0.15, 0.2) is 11.7 Å². The molecule has 3 heterocycles.